The summed E-state index contributed by atoms with van der Waals surface area (Å²) < 4.78 is 5.21. The van der Waals surface area contributed by atoms with Crippen molar-refractivity contribution in [3.63, 3.8) is 0 Å². The van der Waals surface area contributed by atoms with Gasteiger partial charge in [0.1, 0.15) is 5.75 Å². The molecule has 2 heteroatoms. The average Bonchev–Trinajstić information content (AvgIpc) is 3.40. The first kappa shape index (κ1) is 17.5. The first-order valence-electron chi connectivity index (χ1n) is 9.39. The number of benzene rings is 2. The standard InChI is InChI=1S/C23H27NO/c1-3-4-5-6-7-21-16-23(21,17-24)20-12-8-18(9-13-20)19-10-14-22(25-2)15-11-19/h8-15,21H,3-7,16H2,1-2H3/t21-,23+/m0/s1. The Hall–Kier alpha value is -2.27. The van der Waals surface area contributed by atoms with E-state index < -0.39 is 0 Å². The van der Waals surface area contributed by atoms with E-state index in [-0.39, 0.29) is 5.41 Å². The third kappa shape index (κ3) is 3.71. The van der Waals surface area contributed by atoms with Crippen LogP contribution in [0.15, 0.2) is 48.5 Å². The first-order chi connectivity index (χ1) is 12.2. The second-order valence-electron chi connectivity index (χ2n) is 7.14. The van der Waals surface area contributed by atoms with Gasteiger partial charge in [-0.15, -0.1) is 0 Å². The van der Waals surface area contributed by atoms with E-state index >= 15 is 0 Å². The Kier molecular flexibility index (Phi) is 5.43. The van der Waals surface area contributed by atoms with E-state index in [0.717, 1.165) is 12.2 Å². The summed E-state index contributed by atoms with van der Waals surface area (Å²) in [6.07, 6.45) is 7.34. The minimum absolute atomic E-state index is 0.231. The molecule has 25 heavy (non-hydrogen) atoms. The van der Waals surface area contributed by atoms with E-state index in [1.807, 2.05) is 12.1 Å². The molecule has 0 N–H and O–H groups in total. The van der Waals surface area contributed by atoms with Gasteiger partial charge in [0.15, 0.2) is 0 Å². The fourth-order valence-corrected chi connectivity index (χ4v) is 3.79. The Morgan fingerprint density at radius 3 is 2.20 bits per heavy atom. The molecule has 1 saturated carbocycles. The number of hydrogen-bond donors (Lipinski definition) is 0. The minimum Gasteiger partial charge on any atom is -0.497 e. The Labute approximate surface area is 151 Å². The predicted octanol–water partition coefficient (Wildman–Crippen LogP) is 6.11. The van der Waals surface area contributed by atoms with Crippen LogP contribution in [0.5, 0.6) is 5.75 Å². The highest BCUT2D eigenvalue weighted by molar-refractivity contribution is 5.65. The maximum atomic E-state index is 9.76. The van der Waals surface area contributed by atoms with Crippen LogP contribution >= 0.6 is 0 Å². The molecule has 0 bridgehead atoms. The molecule has 1 aliphatic rings. The number of rotatable bonds is 8. The molecule has 2 aromatic carbocycles. The summed E-state index contributed by atoms with van der Waals surface area (Å²) in [6.45, 7) is 2.24. The zero-order valence-corrected chi connectivity index (χ0v) is 15.3. The van der Waals surface area contributed by atoms with Crippen molar-refractivity contribution in [3.8, 4) is 22.9 Å². The Bertz CT molecular complexity index is 726. The molecule has 1 aliphatic carbocycles. The van der Waals surface area contributed by atoms with Crippen molar-refractivity contribution < 1.29 is 4.74 Å². The molecule has 2 atom stereocenters. The van der Waals surface area contributed by atoms with Gasteiger partial charge >= 0.3 is 0 Å². The van der Waals surface area contributed by atoms with E-state index in [0.29, 0.717) is 5.92 Å². The van der Waals surface area contributed by atoms with Gasteiger partial charge in [-0.25, -0.2) is 0 Å². The number of unbranched alkanes of at least 4 members (excludes halogenated alkanes) is 3. The molecule has 0 aromatic heterocycles. The lowest BCUT2D eigenvalue weighted by atomic mass is 9.91. The maximum absolute atomic E-state index is 9.76. The number of hydrogen-bond acceptors (Lipinski definition) is 2. The molecule has 3 rings (SSSR count). The summed E-state index contributed by atoms with van der Waals surface area (Å²) in [5.74, 6) is 1.41. The molecule has 0 aliphatic heterocycles. The highest BCUT2D eigenvalue weighted by Crippen LogP contribution is 2.56. The van der Waals surface area contributed by atoms with Crippen LogP contribution in [0.3, 0.4) is 0 Å². The van der Waals surface area contributed by atoms with Gasteiger partial charge in [-0.1, -0.05) is 69.0 Å². The Morgan fingerprint density at radius 2 is 1.64 bits per heavy atom. The van der Waals surface area contributed by atoms with E-state index in [1.165, 1.54) is 48.8 Å². The summed E-state index contributed by atoms with van der Waals surface area (Å²) in [5, 5.41) is 9.76. The van der Waals surface area contributed by atoms with E-state index in [4.69, 9.17) is 4.74 Å². The smallest absolute Gasteiger partial charge is 0.118 e. The highest BCUT2D eigenvalue weighted by Gasteiger charge is 2.55. The van der Waals surface area contributed by atoms with Crippen molar-refractivity contribution >= 4 is 0 Å². The third-order valence-corrected chi connectivity index (χ3v) is 5.53. The molecular formula is C23H27NO. The number of methoxy groups -OCH3 is 1. The summed E-state index contributed by atoms with van der Waals surface area (Å²) in [5.41, 5.74) is 3.31. The van der Waals surface area contributed by atoms with Crippen LogP contribution in [0.2, 0.25) is 0 Å². The van der Waals surface area contributed by atoms with Crippen LogP contribution in [-0.4, -0.2) is 7.11 Å². The van der Waals surface area contributed by atoms with Gasteiger partial charge in [0.25, 0.3) is 0 Å². The van der Waals surface area contributed by atoms with E-state index in [2.05, 4.69) is 49.4 Å². The number of ether oxygens (including phenoxy) is 1. The molecule has 2 nitrogen and oxygen atoms in total. The lowest BCUT2D eigenvalue weighted by molar-refractivity contribution is 0.415. The maximum Gasteiger partial charge on any atom is 0.118 e. The highest BCUT2D eigenvalue weighted by atomic mass is 16.5. The second kappa shape index (κ2) is 7.74. The molecule has 0 spiro atoms. The Balaban J connectivity index is 1.68. The molecular weight excluding hydrogens is 306 g/mol. The Morgan fingerprint density at radius 1 is 1.00 bits per heavy atom. The van der Waals surface area contributed by atoms with Crippen LogP contribution in [0.4, 0.5) is 0 Å². The normalized spacial score (nSPS) is 21.6. The molecule has 130 valence electrons. The van der Waals surface area contributed by atoms with Gasteiger partial charge < -0.3 is 4.74 Å². The predicted molar refractivity (Wildman–Crippen MR) is 103 cm³/mol. The van der Waals surface area contributed by atoms with Gasteiger partial charge in [0.2, 0.25) is 0 Å². The molecule has 0 heterocycles. The topological polar surface area (TPSA) is 33.0 Å². The van der Waals surface area contributed by atoms with Gasteiger partial charge in [-0.2, -0.15) is 5.26 Å². The quantitative estimate of drug-likeness (QED) is 0.546. The fraction of sp³-hybridized carbons (Fsp3) is 0.435. The second-order valence-corrected chi connectivity index (χ2v) is 7.14. The lowest BCUT2D eigenvalue weighted by Crippen LogP contribution is -2.07. The van der Waals surface area contributed by atoms with Gasteiger partial charge in [0.05, 0.1) is 18.6 Å². The third-order valence-electron chi connectivity index (χ3n) is 5.53. The van der Waals surface area contributed by atoms with E-state index in [1.54, 1.807) is 7.11 Å². The SMILES string of the molecule is CCCCCC[C@H]1C[C@@]1(C#N)c1ccc(-c2ccc(OC)cc2)cc1. The largest absolute Gasteiger partial charge is 0.497 e. The molecule has 2 aromatic rings. The van der Waals surface area contributed by atoms with Crippen molar-refractivity contribution in [1.82, 2.24) is 0 Å². The van der Waals surface area contributed by atoms with Gasteiger partial charge in [-0.3, -0.25) is 0 Å². The van der Waals surface area contributed by atoms with Crippen molar-refractivity contribution in [2.75, 3.05) is 7.11 Å². The molecule has 0 unspecified atom stereocenters. The van der Waals surface area contributed by atoms with Crippen LogP contribution in [0.1, 0.15) is 51.0 Å². The molecule has 0 radical (unpaired) electrons. The zero-order valence-electron chi connectivity index (χ0n) is 15.3. The van der Waals surface area contributed by atoms with Crippen molar-refractivity contribution in [2.24, 2.45) is 5.92 Å². The van der Waals surface area contributed by atoms with Crippen molar-refractivity contribution in [2.45, 2.75) is 50.9 Å². The van der Waals surface area contributed by atoms with Crippen LogP contribution in [-0.2, 0) is 5.41 Å². The summed E-state index contributed by atoms with van der Waals surface area (Å²) in [6, 6.07) is 19.3. The average molecular weight is 333 g/mol. The summed E-state index contributed by atoms with van der Waals surface area (Å²) in [4.78, 5) is 0. The minimum atomic E-state index is -0.231. The van der Waals surface area contributed by atoms with Crippen LogP contribution < -0.4 is 4.74 Å². The van der Waals surface area contributed by atoms with Crippen LogP contribution in [0.25, 0.3) is 11.1 Å². The zero-order chi connectivity index (χ0) is 17.7. The van der Waals surface area contributed by atoms with Gasteiger partial charge in [-0.05, 0) is 47.6 Å². The van der Waals surface area contributed by atoms with Crippen molar-refractivity contribution in [1.29, 1.82) is 5.26 Å². The summed E-state index contributed by atoms with van der Waals surface area (Å²) in [7, 11) is 1.68. The molecule has 0 saturated heterocycles. The molecule has 0 amide bonds. The van der Waals surface area contributed by atoms with E-state index in [9.17, 15) is 5.26 Å². The molecule has 1 fully saturated rings. The van der Waals surface area contributed by atoms with Crippen LogP contribution in [0, 0.1) is 17.2 Å². The number of nitriles is 1. The number of nitrogens with zero attached hydrogens (tertiary/aromatic N) is 1. The van der Waals surface area contributed by atoms with Gasteiger partial charge in [0, 0.05) is 0 Å². The fourth-order valence-electron chi connectivity index (χ4n) is 3.79. The monoisotopic (exact) mass is 333 g/mol. The van der Waals surface area contributed by atoms with Crippen molar-refractivity contribution in [3.05, 3.63) is 54.1 Å². The lowest BCUT2D eigenvalue weighted by Gasteiger charge is -2.11. The first-order valence-corrected chi connectivity index (χ1v) is 9.39. The summed E-state index contributed by atoms with van der Waals surface area (Å²) >= 11 is 0.